The molecule has 0 saturated heterocycles. The summed E-state index contributed by atoms with van der Waals surface area (Å²) in [5.74, 6) is 2.32. The molecule has 3 rings (SSSR count). The Morgan fingerprint density at radius 1 is 1.18 bits per heavy atom. The van der Waals surface area contributed by atoms with Crippen molar-refractivity contribution in [2.24, 2.45) is 0 Å². The summed E-state index contributed by atoms with van der Waals surface area (Å²) >= 11 is 5.30. The number of anilines is 1. The topological polar surface area (TPSA) is 73.5 Å². The Hall–Kier alpha value is -3.00. The molecule has 7 nitrogen and oxygen atoms in total. The smallest absolute Gasteiger partial charge is 0.171 e. The summed E-state index contributed by atoms with van der Waals surface area (Å²) < 4.78 is 18.4. The number of nitrogens with zero attached hydrogens (tertiary/aromatic N) is 2. The first-order valence-electron chi connectivity index (χ1n) is 9.16. The van der Waals surface area contributed by atoms with E-state index in [2.05, 4.69) is 15.7 Å². The maximum atomic E-state index is 5.68. The van der Waals surface area contributed by atoms with E-state index in [1.165, 1.54) is 0 Å². The second-order valence-electron chi connectivity index (χ2n) is 5.96. The van der Waals surface area contributed by atoms with Gasteiger partial charge in [-0.2, -0.15) is 5.10 Å². The molecule has 0 radical (unpaired) electrons. The molecule has 2 N–H and O–H groups in total. The van der Waals surface area contributed by atoms with Gasteiger partial charge < -0.3 is 24.5 Å². The second-order valence-corrected chi connectivity index (χ2v) is 6.37. The number of hydrogen-bond donors (Lipinski definition) is 2. The molecule has 0 saturated carbocycles. The van der Waals surface area contributed by atoms with E-state index in [1.807, 2.05) is 55.1 Å². The fraction of sp³-hybridized carbons (Fsp3) is 0.300. The molecule has 0 amide bonds. The summed E-state index contributed by atoms with van der Waals surface area (Å²) in [4.78, 5) is 0. The van der Waals surface area contributed by atoms with Gasteiger partial charge in [0.05, 0.1) is 44.5 Å². The fourth-order valence-corrected chi connectivity index (χ4v) is 2.84. The van der Waals surface area contributed by atoms with E-state index in [1.54, 1.807) is 12.5 Å². The summed E-state index contributed by atoms with van der Waals surface area (Å²) in [6.45, 7) is 6.23. The van der Waals surface area contributed by atoms with Crippen molar-refractivity contribution < 1.29 is 13.9 Å². The van der Waals surface area contributed by atoms with Crippen LogP contribution in [0.5, 0.6) is 11.5 Å². The van der Waals surface area contributed by atoms with E-state index in [0.717, 1.165) is 28.5 Å². The number of rotatable bonds is 9. The van der Waals surface area contributed by atoms with Crippen molar-refractivity contribution in [1.82, 2.24) is 15.1 Å². The lowest BCUT2D eigenvalue weighted by Crippen LogP contribution is -2.27. The standard InChI is InChI=1S/C20H24N4O3S/c1-3-25-18-8-7-15(10-19(18)26-4-2)13-24-14-16(11-22-24)23-20(28)21-12-17-6-5-9-27-17/h5-11,14H,3-4,12-13H2,1-2H3,(H2,21,23,28). The molecule has 0 aliphatic heterocycles. The molecule has 0 aliphatic rings. The minimum Gasteiger partial charge on any atom is -0.490 e. The zero-order valence-electron chi connectivity index (χ0n) is 16.0. The summed E-state index contributed by atoms with van der Waals surface area (Å²) in [6, 6.07) is 9.66. The lowest BCUT2D eigenvalue weighted by Gasteiger charge is -2.12. The van der Waals surface area contributed by atoms with Gasteiger partial charge in [0.25, 0.3) is 0 Å². The van der Waals surface area contributed by atoms with Gasteiger partial charge in [0.2, 0.25) is 0 Å². The molecule has 0 spiro atoms. The van der Waals surface area contributed by atoms with Gasteiger partial charge in [-0.3, -0.25) is 4.68 Å². The Balaban J connectivity index is 1.57. The van der Waals surface area contributed by atoms with E-state index in [0.29, 0.717) is 31.4 Å². The van der Waals surface area contributed by atoms with Crippen molar-refractivity contribution in [2.45, 2.75) is 26.9 Å². The van der Waals surface area contributed by atoms with Gasteiger partial charge >= 0.3 is 0 Å². The molecule has 3 aromatic rings. The van der Waals surface area contributed by atoms with E-state index in [4.69, 9.17) is 26.1 Å². The average Bonchev–Trinajstić information content (AvgIpc) is 3.35. The molecule has 0 atom stereocenters. The second kappa shape index (κ2) is 9.80. The van der Waals surface area contributed by atoms with Crippen LogP contribution in [0.2, 0.25) is 0 Å². The number of nitrogens with one attached hydrogen (secondary N) is 2. The van der Waals surface area contributed by atoms with Crippen LogP contribution in [0.3, 0.4) is 0 Å². The van der Waals surface area contributed by atoms with Crippen LogP contribution in [0.25, 0.3) is 0 Å². The molecule has 2 heterocycles. The Morgan fingerprint density at radius 3 is 2.75 bits per heavy atom. The highest BCUT2D eigenvalue weighted by molar-refractivity contribution is 7.80. The quantitative estimate of drug-likeness (QED) is 0.529. The van der Waals surface area contributed by atoms with Gasteiger partial charge in [-0.05, 0) is 55.9 Å². The zero-order valence-corrected chi connectivity index (χ0v) is 16.8. The first kappa shape index (κ1) is 19.8. The molecular formula is C20H24N4O3S. The Labute approximate surface area is 169 Å². The van der Waals surface area contributed by atoms with Gasteiger partial charge in [-0.15, -0.1) is 0 Å². The minimum absolute atomic E-state index is 0.510. The van der Waals surface area contributed by atoms with Gasteiger partial charge in [-0.1, -0.05) is 6.07 Å². The SMILES string of the molecule is CCOc1ccc(Cn2cc(NC(=S)NCc3ccco3)cn2)cc1OCC. The van der Waals surface area contributed by atoms with Crippen LogP contribution >= 0.6 is 12.2 Å². The van der Waals surface area contributed by atoms with Crippen molar-refractivity contribution in [2.75, 3.05) is 18.5 Å². The van der Waals surface area contributed by atoms with E-state index < -0.39 is 0 Å². The Bertz CT molecular complexity index is 893. The third-order valence-corrected chi connectivity index (χ3v) is 4.09. The molecule has 148 valence electrons. The molecule has 0 aliphatic carbocycles. The van der Waals surface area contributed by atoms with E-state index in [-0.39, 0.29) is 0 Å². The van der Waals surface area contributed by atoms with Crippen molar-refractivity contribution >= 4 is 23.0 Å². The third-order valence-electron chi connectivity index (χ3n) is 3.85. The highest BCUT2D eigenvalue weighted by atomic mass is 32.1. The molecule has 0 unspecified atom stereocenters. The number of aromatic nitrogens is 2. The minimum atomic E-state index is 0.510. The van der Waals surface area contributed by atoms with Crippen LogP contribution in [-0.2, 0) is 13.1 Å². The molecule has 2 aromatic heterocycles. The first-order valence-corrected chi connectivity index (χ1v) is 9.57. The fourth-order valence-electron chi connectivity index (χ4n) is 2.65. The lowest BCUT2D eigenvalue weighted by molar-refractivity contribution is 0.287. The highest BCUT2D eigenvalue weighted by Crippen LogP contribution is 2.28. The van der Waals surface area contributed by atoms with Gasteiger partial charge in [-0.25, -0.2) is 0 Å². The largest absolute Gasteiger partial charge is 0.490 e. The molecule has 0 fully saturated rings. The Kier molecular flexibility index (Phi) is 6.91. The predicted molar refractivity (Wildman–Crippen MR) is 112 cm³/mol. The molecule has 0 bridgehead atoms. The summed E-state index contributed by atoms with van der Waals surface area (Å²) in [7, 11) is 0. The monoisotopic (exact) mass is 400 g/mol. The van der Waals surface area contributed by atoms with Crippen LogP contribution in [0, 0.1) is 0 Å². The van der Waals surface area contributed by atoms with Crippen molar-refractivity contribution in [3.8, 4) is 11.5 Å². The summed E-state index contributed by atoms with van der Waals surface area (Å²) in [5.41, 5.74) is 1.88. The van der Waals surface area contributed by atoms with Crippen molar-refractivity contribution in [3.05, 3.63) is 60.3 Å². The number of benzene rings is 1. The van der Waals surface area contributed by atoms with Crippen LogP contribution in [-0.4, -0.2) is 28.1 Å². The van der Waals surface area contributed by atoms with Crippen molar-refractivity contribution in [1.29, 1.82) is 0 Å². The Morgan fingerprint density at radius 2 is 2.00 bits per heavy atom. The first-order chi connectivity index (χ1) is 13.7. The zero-order chi connectivity index (χ0) is 19.8. The number of hydrogen-bond acceptors (Lipinski definition) is 5. The average molecular weight is 401 g/mol. The molecular weight excluding hydrogens is 376 g/mol. The van der Waals surface area contributed by atoms with Gasteiger partial charge in [0, 0.05) is 6.20 Å². The lowest BCUT2D eigenvalue weighted by atomic mass is 10.2. The number of thiocarbonyl (C=S) groups is 1. The maximum Gasteiger partial charge on any atom is 0.171 e. The van der Waals surface area contributed by atoms with Crippen LogP contribution in [0.15, 0.2) is 53.4 Å². The van der Waals surface area contributed by atoms with Crippen LogP contribution in [0.4, 0.5) is 5.69 Å². The maximum absolute atomic E-state index is 5.68. The highest BCUT2D eigenvalue weighted by Gasteiger charge is 2.08. The molecule has 1 aromatic carbocycles. The number of ether oxygens (including phenoxy) is 2. The summed E-state index contributed by atoms with van der Waals surface area (Å²) in [5, 5.41) is 11.1. The summed E-state index contributed by atoms with van der Waals surface area (Å²) in [6.07, 6.45) is 5.27. The van der Waals surface area contributed by atoms with Crippen LogP contribution < -0.4 is 20.1 Å². The van der Waals surface area contributed by atoms with E-state index in [9.17, 15) is 0 Å². The number of furan rings is 1. The third kappa shape index (κ3) is 5.50. The normalized spacial score (nSPS) is 10.5. The van der Waals surface area contributed by atoms with Gasteiger partial charge in [0.1, 0.15) is 5.76 Å². The van der Waals surface area contributed by atoms with Crippen molar-refractivity contribution in [3.63, 3.8) is 0 Å². The van der Waals surface area contributed by atoms with E-state index >= 15 is 0 Å². The molecule has 8 heteroatoms. The molecule has 28 heavy (non-hydrogen) atoms. The van der Waals surface area contributed by atoms with Crippen LogP contribution in [0.1, 0.15) is 25.2 Å². The van der Waals surface area contributed by atoms with Gasteiger partial charge in [0.15, 0.2) is 16.6 Å². The predicted octanol–water partition coefficient (Wildman–Crippen LogP) is 3.81.